The highest BCUT2D eigenvalue weighted by atomic mass is 16.4. The van der Waals surface area contributed by atoms with Gasteiger partial charge in [0.25, 0.3) is 0 Å². The molecule has 140 valence electrons. The molecule has 0 aliphatic heterocycles. The van der Waals surface area contributed by atoms with Gasteiger partial charge in [0.05, 0.1) is 5.39 Å². The predicted molar refractivity (Wildman–Crippen MR) is 102 cm³/mol. The maximum Gasteiger partial charge on any atom is 0.235 e. The van der Waals surface area contributed by atoms with Gasteiger partial charge in [-0.15, -0.1) is 0 Å². The van der Waals surface area contributed by atoms with Crippen LogP contribution >= 0.6 is 0 Å². The van der Waals surface area contributed by atoms with Gasteiger partial charge in [0, 0.05) is 11.6 Å². The van der Waals surface area contributed by atoms with Crippen molar-refractivity contribution in [2.75, 3.05) is 0 Å². The number of aromatic hydroxyl groups is 1. The molecular formula is C23H18O5. The molecule has 5 aliphatic rings. The lowest BCUT2D eigenvalue weighted by molar-refractivity contribution is -0.131. The van der Waals surface area contributed by atoms with Gasteiger partial charge >= 0.3 is 0 Å². The molecule has 5 aliphatic carbocycles. The summed E-state index contributed by atoms with van der Waals surface area (Å²) in [5, 5.41) is 10.6. The number of ketones is 2. The zero-order valence-corrected chi connectivity index (χ0v) is 15.1. The first kappa shape index (κ1) is 16.0. The molecule has 0 radical (unpaired) electrons. The Kier molecular flexibility index (Phi) is 3.04. The van der Waals surface area contributed by atoms with Crippen molar-refractivity contribution in [3.8, 4) is 5.75 Å². The Labute approximate surface area is 160 Å². The second kappa shape index (κ2) is 5.31. The van der Waals surface area contributed by atoms with Crippen LogP contribution in [0.5, 0.6) is 5.75 Å². The number of hydrogen-bond donors (Lipinski definition) is 1. The van der Waals surface area contributed by atoms with Crippen LogP contribution in [0.3, 0.4) is 0 Å². The summed E-state index contributed by atoms with van der Waals surface area (Å²) in [5.41, 5.74) is 1.21. The summed E-state index contributed by atoms with van der Waals surface area (Å²) in [6, 6.07) is 5.53. The highest BCUT2D eigenvalue weighted by Gasteiger charge is 2.76. The Morgan fingerprint density at radius 3 is 2.57 bits per heavy atom. The first-order chi connectivity index (χ1) is 13.5. The summed E-state index contributed by atoms with van der Waals surface area (Å²) in [7, 11) is 0. The van der Waals surface area contributed by atoms with Gasteiger partial charge in [0.2, 0.25) is 22.7 Å². The second-order valence-electron chi connectivity index (χ2n) is 8.54. The molecule has 1 aromatic heterocycles. The first-order valence-corrected chi connectivity index (χ1v) is 9.80. The Bertz CT molecular complexity index is 1190. The van der Waals surface area contributed by atoms with Crippen molar-refractivity contribution in [1.82, 2.24) is 0 Å². The summed E-state index contributed by atoms with van der Waals surface area (Å²) in [5.74, 6) is 2.66. The van der Waals surface area contributed by atoms with Gasteiger partial charge in [-0.25, -0.2) is 0 Å². The molecule has 3 unspecified atom stereocenters. The minimum Gasteiger partial charge on any atom is -0.502 e. The maximum atomic E-state index is 12.6. The molecule has 3 atom stereocenters. The Morgan fingerprint density at radius 2 is 1.82 bits per heavy atom. The maximum absolute atomic E-state index is 12.6. The van der Waals surface area contributed by atoms with Crippen molar-refractivity contribution < 1.29 is 19.1 Å². The number of carbonyl (C=O) groups excluding carboxylic acids is 2. The van der Waals surface area contributed by atoms with Crippen LogP contribution in [0.4, 0.5) is 0 Å². The topological polar surface area (TPSA) is 84.6 Å². The van der Waals surface area contributed by atoms with Crippen molar-refractivity contribution in [3.05, 3.63) is 58.0 Å². The van der Waals surface area contributed by atoms with E-state index in [2.05, 4.69) is 0 Å². The molecule has 28 heavy (non-hydrogen) atoms. The van der Waals surface area contributed by atoms with E-state index in [-0.39, 0.29) is 11.3 Å². The van der Waals surface area contributed by atoms with E-state index in [4.69, 9.17) is 4.42 Å². The monoisotopic (exact) mass is 374 g/mol. The number of hydrogen-bond acceptors (Lipinski definition) is 5. The largest absolute Gasteiger partial charge is 0.502 e. The van der Waals surface area contributed by atoms with Crippen LogP contribution in [0, 0.1) is 29.6 Å². The molecular weight excluding hydrogens is 356 g/mol. The van der Waals surface area contributed by atoms with Crippen LogP contribution in [0.15, 0.2) is 45.6 Å². The lowest BCUT2D eigenvalue weighted by Gasteiger charge is -2.29. The zero-order valence-electron chi connectivity index (χ0n) is 15.1. The van der Waals surface area contributed by atoms with Gasteiger partial charge in [0.1, 0.15) is 5.58 Å². The third-order valence-electron chi connectivity index (χ3n) is 7.09. The van der Waals surface area contributed by atoms with E-state index >= 15 is 0 Å². The Morgan fingerprint density at radius 1 is 1.00 bits per heavy atom. The number of carbonyl (C=O) groups is 2. The molecule has 0 spiro atoms. The molecule has 1 heterocycles. The van der Waals surface area contributed by atoms with Crippen LogP contribution in [0.2, 0.25) is 0 Å². The van der Waals surface area contributed by atoms with E-state index in [0.29, 0.717) is 16.9 Å². The predicted octanol–water partition coefficient (Wildman–Crippen LogP) is 3.03. The van der Waals surface area contributed by atoms with Crippen LogP contribution in [-0.2, 0) is 16.0 Å². The average molecular weight is 374 g/mol. The van der Waals surface area contributed by atoms with E-state index in [0.717, 1.165) is 47.8 Å². The van der Waals surface area contributed by atoms with Crippen molar-refractivity contribution in [1.29, 1.82) is 0 Å². The van der Waals surface area contributed by atoms with E-state index in [1.165, 1.54) is 18.9 Å². The quantitative estimate of drug-likeness (QED) is 0.659. The summed E-state index contributed by atoms with van der Waals surface area (Å²) in [6.45, 7) is 0. The minimum atomic E-state index is -0.702. The van der Waals surface area contributed by atoms with Crippen LogP contribution in [0.25, 0.3) is 16.5 Å². The zero-order chi connectivity index (χ0) is 19.2. The third kappa shape index (κ3) is 2.16. The summed E-state index contributed by atoms with van der Waals surface area (Å²) in [6.07, 6.45) is 7.21. The average Bonchev–Trinajstić information content (AvgIpc) is 3.60. The van der Waals surface area contributed by atoms with Crippen LogP contribution < -0.4 is 5.43 Å². The van der Waals surface area contributed by atoms with Crippen LogP contribution in [-0.4, -0.2) is 16.7 Å². The normalized spacial score (nSPS) is 32.3. The molecule has 5 nitrogen and oxygen atoms in total. The lowest BCUT2D eigenvalue weighted by atomic mass is 9.76. The molecule has 0 saturated heterocycles. The number of fused-ring (bicyclic) bond motifs is 3. The minimum absolute atomic E-state index is 0.0734. The molecule has 1 N–H and O–H groups in total. The molecule has 5 heteroatoms. The smallest absolute Gasteiger partial charge is 0.235 e. The van der Waals surface area contributed by atoms with Gasteiger partial charge in [-0.2, -0.15) is 0 Å². The molecule has 1 aromatic carbocycles. The molecule has 7 rings (SSSR count). The second-order valence-corrected chi connectivity index (χ2v) is 8.54. The van der Waals surface area contributed by atoms with Crippen molar-refractivity contribution >= 4 is 28.1 Å². The summed E-state index contributed by atoms with van der Waals surface area (Å²) < 4.78 is 5.84. The van der Waals surface area contributed by atoms with Gasteiger partial charge in [-0.05, 0) is 78.7 Å². The van der Waals surface area contributed by atoms with Crippen molar-refractivity contribution in [2.45, 2.75) is 19.3 Å². The SMILES string of the molecule is O=C1C=CC(c2oc3cc(CC4CCC5C6C4C56)ccc3c(=O)c2O)=CC1=O. The van der Waals surface area contributed by atoms with E-state index in [1.807, 2.05) is 12.1 Å². The van der Waals surface area contributed by atoms with Crippen LogP contribution in [0.1, 0.15) is 24.2 Å². The van der Waals surface area contributed by atoms with Gasteiger partial charge in [0.15, 0.2) is 5.76 Å². The van der Waals surface area contributed by atoms with E-state index in [1.54, 1.807) is 6.07 Å². The fourth-order valence-corrected chi connectivity index (χ4v) is 5.59. The van der Waals surface area contributed by atoms with Crippen molar-refractivity contribution in [2.24, 2.45) is 29.6 Å². The molecule has 0 amide bonds. The number of benzene rings is 1. The summed E-state index contributed by atoms with van der Waals surface area (Å²) in [4.78, 5) is 35.6. The standard InChI is InChI=1S/C23H18O5/c24-15-6-3-12(9-16(15)25)23-22(27)21(26)13-4-1-10(8-17(13)28-23)7-11-2-5-14-19-18(11)20(14)19/h1,3-4,6,8-9,11,14,18-20,27H,2,5,7H2. The van der Waals surface area contributed by atoms with Crippen molar-refractivity contribution in [3.63, 3.8) is 0 Å². The fourth-order valence-electron chi connectivity index (χ4n) is 5.59. The molecule has 2 bridgehead atoms. The molecule has 2 aromatic rings. The fraction of sp³-hybridized carbons (Fsp3) is 0.348. The number of allylic oxidation sites excluding steroid dienone is 4. The van der Waals surface area contributed by atoms with E-state index < -0.39 is 22.7 Å². The summed E-state index contributed by atoms with van der Waals surface area (Å²) >= 11 is 0. The highest BCUT2D eigenvalue weighted by Crippen LogP contribution is 2.80. The van der Waals surface area contributed by atoms with Gasteiger partial charge in [-0.3, -0.25) is 14.4 Å². The number of rotatable bonds is 3. The van der Waals surface area contributed by atoms with E-state index in [9.17, 15) is 19.5 Å². The lowest BCUT2D eigenvalue weighted by Crippen LogP contribution is -2.22. The highest BCUT2D eigenvalue weighted by molar-refractivity contribution is 6.48. The van der Waals surface area contributed by atoms with Gasteiger partial charge < -0.3 is 9.52 Å². The molecule has 4 fully saturated rings. The van der Waals surface area contributed by atoms with Gasteiger partial charge in [-0.1, -0.05) is 6.07 Å². The molecule has 4 saturated carbocycles. The third-order valence-corrected chi connectivity index (χ3v) is 7.09. The first-order valence-electron chi connectivity index (χ1n) is 9.80. The Hall–Kier alpha value is -2.95. The Balaban J connectivity index is 1.38.